The van der Waals surface area contributed by atoms with Crippen molar-refractivity contribution < 1.29 is 8.78 Å². The minimum absolute atomic E-state index is 0.628. The summed E-state index contributed by atoms with van der Waals surface area (Å²) in [5.74, 6) is -1.55. The van der Waals surface area contributed by atoms with Gasteiger partial charge < -0.3 is 4.90 Å². The van der Waals surface area contributed by atoms with Crippen LogP contribution in [0.15, 0.2) is 12.1 Å². The standard InChI is InChI=1S/C10H13F2N/c1-7-4-9(11)10(12)5-8(7)6-13(2)3/h4-5H,6H2,1-3H3. The Morgan fingerprint density at radius 3 is 2.23 bits per heavy atom. The van der Waals surface area contributed by atoms with Crippen molar-refractivity contribution >= 4 is 0 Å². The van der Waals surface area contributed by atoms with E-state index < -0.39 is 11.6 Å². The third-order valence-electron chi connectivity index (χ3n) is 1.87. The zero-order valence-electron chi connectivity index (χ0n) is 8.06. The van der Waals surface area contributed by atoms with Gasteiger partial charge in [-0.15, -0.1) is 0 Å². The summed E-state index contributed by atoms with van der Waals surface area (Å²) in [6, 6.07) is 2.48. The second-order valence-electron chi connectivity index (χ2n) is 3.43. The van der Waals surface area contributed by atoms with Crippen molar-refractivity contribution in [1.29, 1.82) is 0 Å². The van der Waals surface area contributed by atoms with Crippen molar-refractivity contribution in [1.82, 2.24) is 4.90 Å². The number of rotatable bonds is 2. The summed E-state index contributed by atoms with van der Waals surface area (Å²) in [4.78, 5) is 1.92. The SMILES string of the molecule is Cc1cc(F)c(F)cc1CN(C)C. The molecule has 0 N–H and O–H groups in total. The van der Waals surface area contributed by atoms with Crippen molar-refractivity contribution in [2.24, 2.45) is 0 Å². The maximum absolute atomic E-state index is 12.8. The maximum Gasteiger partial charge on any atom is 0.159 e. The molecule has 1 rings (SSSR count). The Labute approximate surface area is 77.0 Å². The highest BCUT2D eigenvalue weighted by molar-refractivity contribution is 5.27. The Bertz CT molecular complexity index is 308. The third-order valence-corrected chi connectivity index (χ3v) is 1.87. The van der Waals surface area contributed by atoms with Gasteiger partial charge in [0.05, 0.1) is 0 Å². The molecule has 0 bridgehead atoms. The first-order valence-electron chi connectivity index (χ1n) is 4.10. The van der Waals surface area contributed by atoms with Crippen LogP contribution in [0.2, 0.25) is 0 Å². The molecule has 72 valence electrons. The fraction of sp³-hybridized carbons (Fsp3) is 0.400. The van der Waals surface area contributed by atoms with Gasteiger partial charge in [-0.3, -0.25) is 0 Å². The van der Waals surface area contributed by atoms with E-state index in [1.165, 1.54) is 12.1 Å². The lowest BCUT2D eigenvalue weighted by Gasteiger charge is -2.12. The van der Waals surface area contributed by atoms with Gasteiger partial charge >= 0.3 is 0 Å². The third kappa shape index (κ3) is 2.49. The first-order valence-corrected chi connectivity index (χ1v) is 4.10. The number of hydrogen-bond acceptors (Lipinski definition) is 1. The average Bonchev–Trinajstić information content (AvgIpc) is 1.99. The first-order chi connectivity index (χ1) is 6.00. The predicted molar refractivity (Wildman–Crippen MR) is 48.5 cm³/mol. The number of benzene rings is 1. The molecule has 0 aliphatic heterocycles. The van der Waals surface area contributed by atoms with Crippen molar-refractivity contribution in [3.63, 3.8) is 0 Å². The minimum atomic E-state index is -0.778. The molecule has 13 heavy (non-hydrogen) atoms. The van der Waals surface area contributed by atoms with E-state index in [1.54, 1.807) is 6.92 Å². The van der Waals surface area contributed by atoms with E-state index >= 15 is 0 Å². The van der Waals surface area contributed by atoms with Gasteiger partial charge in [0.2, 0.25) is 0 Å². The van der Waals surface area contributed by atoms with Crippen LogP contribution < -0.4 is 0 Å². The van der Waals surface area contributed by atoms with Crippen LogP contribution in [0.5, 0.6) is 0 Å². The van der Waals surface area contributed by atoms with Gasteiger partial charge in [-0.1, -0.05) is 0 Å². The number of halogens is 2. The summed E-state index contributed by atoms with van der Waals surface area (Å²) in [6.45, 7) is 2.41. The van der Waals surface area contributed by atoms with Gasteiger partial charge in [0, 0.05) is 6.54 Å². The van der Waals surface area contributed by atoms with E-state index in [2.05, 4.69) is 0 Å². The molecule has 3 heteroatoms. The van der Waals surface area contributed by atoms with Gasteiger partial charge in [-0.2, -0.15) is 0 Å². The van der Waals surface area contributed by atoms with Crippen molar-refractivity contribution in [2.75, 3.05) is 14.1 Å². The highest BCUT2D eigenvalue weighted by Gasteiger charge is 2.06. The summed E-state index contributed by atoms with van der Waals surface area (Å²) in [5.41, 5.74) is 1.61. The lowest BCUT2D eigenvalue weighted by molar-refractivity contribution is 0.399. The van der Waals surface area contributed by atoms with Gasteiger partial charge in [0.1, 0.15) is 0 Å². The molecule has 0 saturated carbocycles. The molecule has 0 unspecified atom stereocenters. The van der Waals surface area contributed by atoms with Crippen LogP contribution >= 0.6 is 0 Å². The highest BCUT2D eigenvalue weighted by atomic mass is 19.2. The Balaban J connectivity index is 3.01. The summed E-state index contributed by atoms with van der Waals surface area (Å²) in [7, 11) is 3.78. The van der Waals surface area contributed by atoms with Crippen molar-refractivity contribution in [2.45, 2.75) is 13.5 Å². The van der Waals surface area contributed by atoms with E-state index in [-0.39, 0.29) is 0 Å². The van der Waals surface area contributed by atoms with Gasteiger partial charge in [0.15, 0.2) is 11.6 Å². The molecule has 0 heterocycles. The average molecular weight is 185 g/mol. The number of aryl methyl sites for hydroxylation is 1. The zero-order valence-corrected chi connectivity index (χ0v) is 8.06. The molecule has 0 aliphatic rings. The molecule has 0 spiro atoms. The molecule has 0 fully saturated rings. The zero-order chi connectivity index (χ0) is 10.0. The monoisotopic (exact) mass is 185 g/mol. The minimum Gasteiger partial charge on any atom is -0.305 e. The topological polar surface area (TPSA) is 3.24 Å². The van der Waals surface area contributed by atoms with Gasteiger partial charge in [-0.05, 0) is 44.3 Å². The summed E-state index contributed by atoms with van der Waals surface area (Å²) in [6.07, 6.45) is 0. The first kappa shape index (κ1) is 10.1. The molecule has 0 amide bonds. The van der Waals surface area contributed by atoms with Crippen LogP contribution in [0.4, 0.5) is 8.78 Å². The van der Waals surface area contributed by atoms with Crippen LogP contribution in [0.1, 0.15) is 11.1 Å². The Kier molecular flexibility index (Phi) is 2.98. The van der Waals surface area contributed by atoms with Crippen LogP contribution in [0, 0.1) is 18.6 Å². The van der Waals surface area contributed by atoms with Crippen molar-refractivity contribution in [3.8, 4) is 0 Å². The van der Waals surface area contributed by atoms with Crippen molar-refractivity contribution in [3.05, 3.63) is 34.9 Å². The Morgan fingerprint density at radius 2 is 1.69 bits per heavy atom. The number of hydrogen-bond donors (Lipinski definition) is 0. The highest BCUT2D eigenvalue weighted by Crippen LogP contribution is 2.15. The van der Waals surface area contributed by atoms with Gasteiger partial charge in [0.25, 0.3) is 0 Å². The lowest BCUT2D eigenvalue weighted by Crippen LogP contribution is -2.12. The largest absolute Gasteiger partial charge is 0.305 e. The van der Waals surface area contributed by atoms with E-state index in [0.29, 0.717) is 6.54 Å². The molecular formula is C10H13F2N. The van der Waals surface area contributed by atoms with Crippen LogP contribution in [0.25, 0.3) is 0 Å². The summed E-state index contributed by atoms with van der Waals surface area (Å²) >= 11 is 0. The van der Waals surface area contributed by atoms with E-state index in [4.69, 9.17) is 0 Å². The Hall–Kier alpha value is -0.960. The van der Waals surface area contributed by atoms with Crippen LogP contribution in [-0.2, 0) is 6.54 Å². The molecule has 1 aromatic carbocycles. The van der Waals surface area contributed by atoms with E-state index in [0.717, 1.165) is 11.1 Å². The van der Waals surface area contributed by atoms with E-state index in [1.807, 2.05) is 19.0 Å². The normalized spacial score (nSPS) is 10.9. The molecule has 0 atom stereocenters. The summed E-state index contributed by atoms with van der Waals surface area (Å²) < 4.78 is 25.5. The number of nitrogens with zero attached hydrogens (tertiary/aromatic N) is 1. The van der Waals surface area contributed by atoms with E-state index in [9.17, 15) is 8.78 Å². The predicted octanol–water partition coefficient (Wildman–Crippen LogP) is 2.33. The fourth-order valence-electron chi connectivity index (χ4n) is 1.20. The Morgan fingerprint density at radius 1 is 1.15 bits per heavy atom. The smallest absolute Gasteiger partial charge is 0.159 e. The molecule has 0 radical (unpaired) electrons. The van der Waals surface area contributed by atoms with Crippen LogP contribution in [0.3, 0.4) is 0 Å². The molecule has 1 nitrogen and oxygen atoms in total. The molecule has 0 aromatic heterocycles. The van der Waals surface area contributed by atoms with Gasteiger partial charge in [-0.25, -0.2) is 8.78 Å². The molecule has 1 aromatic rings. The molecule has 0 aliphatic carbocycles. The quantitative estimate of drug-likeness (QED) is 0.683. The lowest BCUT2D eigenvalue weighted by atomic mass is 10.1. The summed E-state index contributed by atoms with van der Waals surface area (Å²) in [5, 5.41) is 0. The second kappa shape index (κ2) is 3.83. The van der Waals surface area contributed by atoms with Crippen LogP contribution in [-0.4, -0.2) is 19.0 Å². The second-order valence-corrected chi connectivity index (χ2v) is 3.43. The fourth-order valence-corrected chi connectivity index (χ4v) is 1.20. The molecule has 0 saturated heterocycles. The maximum atomic E-state index is 12.8. The molecular weight excluding hydrogens is 172 g/mol.